The Kier molecular flexibility index (Phi) is 4.46. The number of benzene rings is 2. The third kappa shape index (κ3) is 3.21. The van der Waals surface area contributed by atoms with E-state index in [2.05, 4.69) is 15.4 Å². The average Bonchev–Trinajstić information content (AvgIpc) is 3.14. The number of para-hydroxylation sites is 1. The third-order valence-electron chi connectivity index (χ3n) is 4.62. The van der Waals surface area contributed by atoms with Crippen molar-refractivity contribution in [1.29, 1.82) is 0 Å². The molecule has 0 saturated carbocycles. The van der Waals surface area contributed by atoms with Crippen LogP contribution in [0, 0.1) is 0 Å². The third-order valence-corrected chi connectivity index (χ3v) is 4.62. The van der Waals surface area contributed by atoms with Gasteiger partial charge in [-0.25, -0.2) is 4.68 Å². The zero-order chi connectivity index (χ0) is 18.8. The first kappa shape index (κ1) is 17.0. The summed E-state index contributed by atoms with van der Waals surface area (Å²) in [5, 5.41) is 7.50. The molecule has 6 heteroatoms. The Bertz CT molecular complexity index is 1010. The maximum atomic E-state index is 12.4. The van der Waals surface area contributed by atoms with E-state index in [9.17, 15) is 4.79 Å². The largest absolute Gasteiger partial charge is 0.489 e. The molecule has 4 rings (SSSR count). The van der Waals surface area contributed by atoms with Crippen LogP contribution in [-0.2, 0) is 11.4 Å². The molecule has 2 heterocycles. The van der Waals surface area contributed by atoms with E-state index < -0.39 is 0 Å². The smallest absolute Gasteiger partial charge is 0.226 e. The van der Waals surface area contributed by atoms with Gasteiger partial charge >= 0.3 is 0 Å². The highest BCUT2D eigenvalue weighted by atomic mass is 16.5. The van der Waals surface area contributed by atoms with Crippen LogP contribution in [0.5, 0.6) is 5.75 Å². The van der Waals surface area contributed by atoms with Crippen LogP contribution in [0.15, 0.2) is 72.2 Å². The normalized spacial score (nSPS) is 15.9. The predicted octanol–water partition coefficient (Wildman–Crippen LogP) is 3.74. The van der Waals surface area contributed by atoms with Crippen LogP contribution in [0.25, 0.3) is 0 Å². The van der Waals surface area contributed by atoms with E-state index in [0.717, 1.165) is 22.6 Å². The number of anilines is 1. The minimum atomic E-state index is -0.381. The molecule has 0 radical (unpaired) electrons. The summed E-state index contributed by atoms with van der Waals surface area (Å²) < 4.78 is 7.85. The van der Waals surface area contributed by atoms with Crippen LogP contribution < -0.4 is 10.1 Å². The molecule has 1 atom stereocenters. The molecule has 0 aliphatic carbocycles. The standard InChI is InChI=1S/C21H20N4O2/c1-14-19(15(2)26)20(25-21(24-14)22-13-23-25)17-10-6-7-11-18(17)27-12-16-8-4-3-5-9-16/h3-11,13,20H,12H2,1-2H3,(H,22,23,24)/t20-/m1/s1. The van der Waals surface area contributed by atoms with Gasteiger partial charge in [0.1, 0.15) is 24.7 Å². The van der Waals surface area contributed by atoms with Gasteiger partial charge in [-0.05, 0) is 25.5 Å². The Labute approximate surface area is 157 Å². The van der Waals surface area contributed by atoms with Crippen molar-refractivity contribution in [2.24, 2.45) is 0 Å². The molecule has 0 fully saturated rings. The molecular weight excluding hydrogens is 340 g/mol. The number of hydrogen-bond acceptors (Lipinski definition) is 5. The fourth-order valence-corrected chi connectivity index (χ4v) is 3.41. The number of ether oxygens (including phenoxy) is 1. The van der Waals surface area contributed by atoms with Crippen molar-refractivity contribution in [3.63, 3.8) is 0 Å². The lowest BCUT2D eigenvalue weighted by Crippen LogP contribution is -2.28. The van der Waals surface area contributed by atoms with Crippen LogP contribution in [0.3, 0.4) is 0 Å². The Morgan fingerprint density at radius 3 is 2.67 bits per heavy atom. The molecule has 136 valence electrons. The number of fused-ring (bicyclic) bond motifs is 1. The topological polar surface area (TPSA) is 69.0 Å². The second-order valence-electron chi connectivity index (χ2n) is 6.46. The number of aromatic nitrogens is 3. The van der Waals surface area contributed by atoms with Crippen molar-refractivity contribution in [1.82, 2.24) is 14.8 Å². The summed E-state index contributed by atoms with van der Waals surface area (Å²) in [6, 6.07) is 17.4. The van der Waals surface area contributed by atoms with Gasteiger partial charge in [-0.15, -0.1) is 0 Å². The average molecular weight is 360 g/mol. The molecule has 0 saturated heterocycles. The minimum absolute atomic E-state index is 0.0102. The number of nitrogens with zero attached hydrogens (tertiary/aromatic N) is 3. The SMILES string of the molecule is CC(=O)C1=C(C)Nc2ncnn2[C@@H]1c1ccccc1OCc1ccccc1. The number of carbonyl (C=O) groups excluding carboxylic acids is 1. The van der Waals surface area contributed by atoms with Crippen LogP contribution in [0.2, 0.25) is 0 Å². The molecule has 0 spiro atoms. The molecule has 1 aliphatic rings. The summed E-state index contributed by atoms with van der Waals surface area (Å²) in [6.45, 7) is 3.91. The highest BCUT2D eigenvalue weighted by Gasteiger charge is 2.33. The lowest BCUT2D eigenvalue weighted by Gasteiger charge is -2.29. The summed E-state index contributed by atoms with van der Waals surface area (Å²) in [5.74, 6) is 1.32. The second kappa shape index (κ2) is 7.07. The molecule has 6 nitrogen and oxygen atoms in total. The summed E-state index contributed by atoms with van der Waals surface area (Å²) in [7, 11) is 0. The Morgan fingerprint density at radius 2 is 1.89 bits per heavy atom. The van der Waals surface area contributed by atoms with Gasteiger partial charge in [-0.2, -0.15) is 10.1 Å². The van der Waals surface area contributed by atoms with Crippen molar-refractivity contribution in [2.75, 3.05) is 5.32 Å². The maximum Gasteiger partial charge on any atom is 0.226 e. The molecule has 0 amide bonds. The van der Waals surface area contributed by atoms with Crippen LogP contribution in [-0.4, -0.2) is 20.5 Å². The van der Waals surface area contributed by atoms with E-state index in [-0.39, 0.29) is 11.8 Å². The minimum Gasteiger partial charge on any atom is -0.489 e. The van der Waals surface area contributed by atoms with Gasteiger partial charge in [0.15, 0.2) is 5.78 Å². The first-order valence-corrected chi connectivity index (χ1v) is 8.79. The van der Waals surface area contributed by atoms with E-state index in [4.69, 9.17) is 4.74 Å². The predicted molar refractivity (Wildman–Crippen MR) is 102 cm³/mol. The van der Waals surface area contributed by atoms with Gasteiger partial charge in [0.25, 0.3) is 0 Å². The molecule has 2 aromatic carbocycles. The van der Waals surface area contributed by atoms with E-state index >= 15 is 0 Å². The van der Waals surface area contributed by atoms with Crippen molar-refractivity contribution in [3.8, 4) is 5.75 Å². The molecule has 1 aliphatic heterocycles. The number of nitrogens with one attached hydrogen (secondary N) is 1. The first-order valence-electron chi connectivity index (χ1n) is 8.79. The summed E-state index contributed by atoms with van der Waals surface area (Å²) in [4.78, 5) is 16.7. The zero-order valence-corrected chi connectivity index (χ0v) is 15.2. The summed E-state index contributed by atoms with van der Waals surface area (Å²) >= 11 is 0. The Balaban J connectivity index is 1.75. The number of ketones is 1. The molecule has 3 aromatic rings. The van der Waals surface area contributed by atoms with Crippen molar-refractivity contribution < 1.29 is 9.53 Å². The molecule has 27 heavy (non-hydrogen) atoms. The fraction of sp³-hybridized carbons (Fsp3) is 0.190. The number of Topliss-reactive ketones (excluding diaryl/α,β-unsaturated/α-hetero) is 1. The number of hydrogen-bond donors (Lipinski definition) is 1. The monoisotopic (exact) mass is 360 g/mol. The Morgan fingerprint density at radius 1 is 1.15 bits per heavy atom. The molecule has 1 aromatic heterocycles. The van der Waals surface area contributed by atoms with E-state index in [1.165, 1.54) is 6.33 Å². The highest BCUT2D eigenvalue weighted by molar-refractivity contribution is 5.96. The lowest BCUT2D eigenvalue weighted by atomic mass is 9.92. The van der Waals surface area contributed by atoms with Gasteiger partial charge in [-0.1, -0.05) is 48.5 Å². The lowest BCUT2D eigenvalue weighted by molar-refractivity contribution is -0.114. The van der Waals surface area contributed by atoms with Gasteiger partial charge in [-0.3, -0.25) is 4.79 Å². The van der Waals surface area contributed by atoms with Crippen LogP contribution >= 0.6 is 0 Å². The summed E-state index contributed by atoms with van der Waals surface area (Å²) in [6.07, 6.45) is 1.49. The highest BCUT2D eigenvalue weighted by Crippen LogP contribution is 2.39. The molecule has 0 bridgehead atoms. The second-order valence-corrected chi connectivity index (χ2v) is 6.46. The molecule has 0 unspecified atom stereocenters. The van der Waals surface area contributed by atoms with Crippen LogP contribution in [0.1, 0.15) is 31.0 Å². The van der Waals surface area contributed by atoms with Gasteiger partial charge in [0, 0.05) is 16.8 Å². The van der Waals surface area contributed by atoms with Crippen LogP contribution in [0.4, 0.5) is 5.95 Å². The summed E-state index contributed by atoms with van der Waals surface area (Å²) in [5.41, 5.74) is 3.40. The first-order chi connectivity index (χ1) is 13.1. The molecule has 1 N–H and O–H groups in total. The number of rotatable bonds is 5. The quantitative estimate of drug-likeness (QED) is 0.751. The van der Waals surface area contributed by atoms with Gasteiger partial charge in [0.05, 0.1) is 0 Å². The van der Waals surface area contributed by atoms with Gasteiger partial charge in [0.2, 0.25) is 5.95 Å². The number of allylic oxidation sites excluding steroid dienone is 2. The van der Waals surface area contributed by atoms with E-state index in [1.807, 2.05) is 61.5 Å². The maximum absolute atomic E-state index is 12.4. The van der Waals surface area contributed by atoms with Crippen molar-refractivity contribution in [2.45, 2.75) is 26.5 Å². The zero-order valence-electron chi connectivity index (χ0n) is 15.2. The van der Waals surface area contributed by atoms with E-state index in [0.29, 0.717) is 18.1 Å². The van der Waals surface area contributed by atoms with E-state index in [1.54, 1.807) is 11.6 Å². The van der Waals surface area contributed by atoms with Crippen molar-refractivity contribution >= 4 is 11.7 Å². The Hall–Kier alpha value is -3.41. The van der Waals surface area contributed by atoms with Gasteiger partial charge < -0.3 is 10.1 Å². The van der Waals surface area contributed by atoms with Crippen molar-refractivity contribution in [3.05, 3.63) is 83.3 Å². The fourth-order valence-electron chi connectivity index (χ4n) is 3.41. The number of carbonyl (C=O) groups is 1. The molecular formula is C21H20N4O2.